The van der Waals surface area contributed by atoms with E-state index in [9.17, 15) is 14.4 Å². The zero-order valence-corrected chi connectivity index (χ0v) is 18.9. The molecule has 8 heteroatoms. The van der Waals surface area contributed by atoms with Crippen LogP contribution in [0.4, 0.5) is 0 Å². The van der Waals surface area contributed by atoms with Crippen LogP contribution in [0.15, 0.2) is 85.3 Å². The standard InChI is InChI=1S/C27H23N5O3/c33-24(11-6-16-31-26(34)22-9-4-5-10-23(22)27(31)35)29-17-20-18-32(21-7-2-1-3-8-21)30-25(20)19-12-14-28-15-13-19/h1-5,7-10,12-15,18H,6,11,16-17H2,(H,29,33). The van der Waals surface area contributed by atoms with Gasteiger partial charge in [0.15, 0.2) is 0 Å². The minimum Gasteiger partial charge on any atom is -0.352 e. The molecule has 1 aliphatic heterocycles. The highest BCUT2D eigenvalue weighted by Crippen LogP contribution is 2.24. The molecule has 3 amide bonds. The van der Waals surface area contributed by atoms with Crippen LogP contribution in [0.1, 0.15) is 39.1 Å². The van der Waals surface area contributed by atoms with Gasteiger partial charge < -0.3 is 5.32 Å². The summed E-state index contributed by atoms with van der Waals surface area (Å²) in [5, 5.41) is 7.68. The van der Waals surface area contributed by atoms with Gasteiger partial charge in [-0.1, -0.05) is 30.3 Å². The molecule has 2 aromatic heterocycles. The highest BCUT2D eigenvalue weighted by Gasteiger charge is 2.34. The smallest absolute Gasteiger partial charge is 0.261 e. The van der Waals surface area contributed by atoms with Crippen molar-refractivity contribution in [3.05, 3.63) is 102 Å². The minimum absolute atomic E-state index is 0.158. The fourth-order valence-electron chi connectivity index (χ4n) is 4.13. The van der Waals surface area contributed by atoms with Gasteiger partial charge in [0.1, 0.15) is 0 Å². The van der Waals surface area contributed by atoms with Crippen molar-refractivity contribution in [2.24, 2.45) is 0 Å². The maximum atomic E-state index is 12.6. The van der Waals surface area contributed by atoms with E-state index >= 15 is 0 Å². The molecule has 35 heavy (non-hydrogen) atoms. The van der Waals surface area contributed by atoms with E-state index in [1.54, 1.807) is 41.3 Å². The lowest BCUT2D eigenvalue weighted by atomic mass is 10.1. The van der Waals surface area contributed by atoms with E-state index in [4.69, 9.17) is 5.10 Å². The maximum absolute atomic E-state index is 12.6. The second kappa shape index (κ2) is 9.72. The summed E-state index contributed by atoms with van der Waals surface area (Å²) >= 11 is 0. The van der Waals surface area contributed by atoms with Gasteiger partial charge >= 0.3 is 0 Å². The maximum Gasteiger partial charge on any atom is 0.261 e. The summed E-state index contributed by atoms with van der Waals surface area (Å²) in [5.41, 5.74) is 4.30. The molecule has 0 saturated heterocycles. The van der Waals surface area contributed by atoms with Crippen molar-refractivity contribution < 1.29 is 14.4 Å². The third-order valence-corrected chi connectivity index (χ3v) is 5.90. The SMILES string of the molecule is O=C(CCCN1C(=O)c2ccccc2C1=O)NCc1cn(-c2ccccc2)nc1-c1ccncc1. The van der Waals surface area contributed by atoms with E-state index < -0.39 is 0 Å². The number of fused-ring (bicyclic) bond motifs is 1. The summed E-state index contributed by atoms with van der Waals surface area (Å²) in [4.78, 5) is 42.8. The van der Waals surface area contributed by atoms with Gasteiger partial charge in [-0.2, -0.15) is 5.10 Å². The Morgan fingerprint density at radius 1 is 0.857 bits per heavy atom. The Morgan fingerprint density at radius 2 is 1.51 bits per heavy atom. The summed E-state index contributed by atoms with van der Waals surface area (Å²) in [6, 6.07) is 20.3. The normalized spacial score (nSPS) is 12.6. The lowest BCUT2D eigenvalue weighted by molar-refractivity contribution is -0.121. The van der Waals surface area contributed by atoms with E-state index in [1.807, 2.05) is 48.7 Å². The first-order valence-electron chi connectivity index (χ1n) is 11.4. The van der Waals surface area contributed by atoms with Crippen LogP contribution >= 0.6 is 0 Å². The van der Waals surface area contributed by atoms with Crippen molar-refractivity contribution in [1.82, 2.24) is 25.0 Å². The van der Waals surface area contributed by atoms with Crippen molar-refractivity contribution in [3.8, 4) is 16.9 Å². The van der Waals surface area contributed by atoms with Gasteiger partial charge in [0.05, 0.1) is 22.5 Å². The number of hydrogen-bond donors (Lipinski definition) is 1. The number of amides is 3. The molecule has 5 rings (SSSR count). The monoisotopic (exact) mass is 465 g/mol. The summed E-state index contributed by atoms with van der Waals surface area (Å²) in [6.45, 7) is 0.504. The molecule has 1 aliphatic rings. The van der Waals surface area contributed by atoms with Crippen molar-refractivity contribution in [3.63, 3.8) is 0 Å². The van der Waals surface area contributed by atoms with Crippen LogP contribution in [0.2, 0.25) is 0 Å². The fourth-order valence-corrected chi connectivity index (χ4v) is 4.13. The number of rotatable bonds is 8. The zero-order valence-electron chi connectivity index (χ0n) is 18.9. The number of imide groups is 1. The Balaban J connectivity index is 1.22. The molecule has 0 saturated carbocycles. The molecule has 174 valence electrons. The number of nitrogens with one attached hydrogen (secondary N) is 1. The van der Waals surface area contributed by atoms with Gasteiger partial charge in [-0.15, -0.1) is 0 Å². The Hall–Kier alpha value is -4.59. The number of hydrogen-bond acceptors (Lipinski definition) is 5. The Labute approximate surface area is 202 Å². The number of aromatic nitrogens is 3. The van der Waals surface area contributed by atoms with Gasteiger partial charge in [-0.3, -0.25) is 24.3 Å². The molecule has 0 aliphatic carbocycles. The molecule has 8 nitrogen and oxygen atoms in total. The zero-order chi connectivity index (χ0) is 24.2. The van der Waals surface area contributed by atoms with Crippen LogP contribution in [0, 0.1) is 0 Å². The topological polar surface area (TPSA) is 97.2 Å². The highest BCUT2D eigenvalue weighted by atomic mass is 16.2. The number of carbonyl (C=O) groups excluding carboxylic acids is 3. The van der Waals surface area contributed by atoms with Crippen LogP contribution in [0.25, 0.3) is 16.9 Å². The summed E-state index contributed by atoms with van der Waals surface area (Å²) in [5.74, 6) is -0.766. The fraction of sp³-hybridized carbons (Fsp3) is 0.148. The average Bonchev–Trinajstić information content (AvgIpc) is 3.44. The minimum atomic E-state index is -0.304. The van der Waals surface area contributed by atoms with Crippen molar-refractivity contribution in [2.45, 2.75) is 19.4 Å². The number of pyridine rings is 1. The molecule has 2 aromatic carbocycles. The van der Waals surface area contributed by atoms with E-state index in [2.05, 4.69) is 10.3 Å². The summed E-state index contributed by atoms with van der Waals surface area (Å²) < 4.78 is 1.79. The molecule has 0 atom stereocenters. The predicted octanol–water partition coefficient (Wildman–Crippen LogP) is 3.63. The predicted molar refractivity (Wildman–Crippen MR) is 130 cm³/mol. The van der Waals surface area contributed by atoms with Crippen molar-refractivity contribution in [1.29, 1.82) is 0 Å². The van der Waals surface area contributed by atoms with E-state index in [1.165, 1.54) is 4.90 Å². The van der Waals surface area contributed by atoms with Gasteiger partial charge in [0, 0.05) is 49.2 Å². The second-order valence-electron chi connectivity index (χ2n) is 8.21. The van der Waals surface area contributed by atoms with E-state index in [0.717, 1.165) is 22.5 Å². The Bertz CT molecular complexity index is 1350. The molecule has 1 N–H and O–H groups in total. The molecule has 3 heterocycles. The molecule has 0 fully saturated rings. The molecule has 0 bridgehead atoms. The number of carbonyl (C=O) groups is 3. The van der Waals surface area contributed by atoms with Crippen LogP contribution in [0.3, 0.4) is 0 Å². The Morgan fingerprint density at radius 3 is 2.20 bits per heavy atom. The van der Waals surface area contributed by atoms with Crippen LogP contribution < -0.4 is 5.32 Å². The van der Waals surface area contributed by atoms with Crippen LogP contribution in [-0.4, -0.2) is 43.9 Å². The lowest BCUT2D eigenvalue weighted by Crippen LogP contribution is -2.32. The van der Waals surface area contributed by atoms with Gasteiger partial charge in [-0.25, -0.2) is 4.68 Å². The van der Waals surface area contributed by atoms with Crippen molar-refractivity contribution >= 4 is 17.7 Å². The third-order valence-electron chi connectivity index (χ3n) is 5.90. The molecule has 4 aromatic rings. The molecule has 0 unspecified atom stereocenters. The summed E-state index contributed by atoms with van der Waals surface area (Å²) in [7, 11) is 0. The van der Waals surface area contributed by atoms with E-state index in [0.29, 0.717) is 24.1 Å². The first-order valence-corrected chi connectivity index (χ1v) is 11.4. The number of nitrogens with zero attached hydrogens (tertiary/aromatic N) is 4. The Kier molecular flexibility index (Phi) is 6.17. The van der Waals surface area contributed by atoms with Gasteiger partial charge in [0.2, 0.25) is 5.91 Å². The van der Waals surface area contributed by atoms with Crippen LogP contribution in [0.5, 0.6) is 0 Å². The van der Waals surface area contributed by atoms with E-state index in [-0.39, 0.29) is 30.7 Å². The third kappa shape index (κ3) is 4.59. The first-order chi connectivity index (χ1) is 17.1. The molecule has 0 spiro atoms. The highest BCUT2D eigenvalue weighted by molar-refractivity contribution is 6.21. The second-order valence-corrected chi connectivity index (χ2v) is 8.21. The van der Waals surface area contributed by atoms with Gasteiger partial charge in [-0.05, 0) is 42.8 Å². The molecular formula is C27H23N5O3. The number of para-hydroxylation sites is 1. The van der Waals surface area contributed by atoms with Gasteiger partial charge in [0.25, 0.3) is 11.8 Å². The largest absolute Gasteiger partial charge is 0.352 e. The molecular weight excluding hydrogens is 442 g/mol. The van der Waals surface area contributed by atoms with Crippen LogP contribution in [-0.2, 0) is 11.3 Å². The molecule has 0 radical (unpaired) electrons. The lowest BCUT2D eigenvalue weighted by Gasteiger charge is -2.13. The quantitative estimate of drug-likeness (QED) is 0.401. The summed E-state index contributed by atoms with van der Waals surface area (Å²) in [6.07, 6.45) is 5.91. The first kappa shape index (κ1) is 22.2. The van der Waals surface area contributed by atoms with Crippen molar-refractivity contribution in [2.75, 3.05) is 6.54 Å². The number of benzene rings is 2. The average molecular weight is 466 g/mol.